The zero-order valence-corrected chi connectivity index (χ0v) is 14.6. The van der Waals surface area contributed by atoms with Gasteiger partial charge in [-0.3, -0.25) is 14.9 Å². The molecular weight excluding hydrogens is 296 g/mol. The van der Waals surface area contributed by atoms with Gasteiger partial charge >= 0.3 is 0 Å². The molecule has 1 aliphatic heterocycles. The first-order chi connectivity index (χ1) is 10.9. The maximum Gasteiger partial charge on any atom is 0.149 e. The average molecular weight is 327 g/mol. The van der Waals surface area contributed by atoms with E-state index in [4.69, 9.17) is 4.74 Å². The molecule has 1 saturated carbocycles. The molecule has 23 heavy (non-hydrogen) atoms. The Morgan fingerprint density at radius 3 is 2.48 bits per heavy atom. The lowest BCUT2D eigenvalue weighted by atomic mass is 9.81. The zero-order valence-electron chi connectivity index (χ0n) is 14.6. The summed E-state index contributed by atoms with van der Waals surface area (Å²) in [7, 11) is 0. The molecule has 2 fully saturated rings. The quantitative estimate of drug-likeness (QED) is 0.754. The molecular formula is C17H31N2O4-. The van der Waals surface area contributed by atoms with Crippen LogP contribution in [0.3, 0.4) is 0 Å². The van der Waals surface area contributed by atoms with Gasteiger partial charge in [0.2, 0.25) is 0 Å². The van der Waals surface area contributed by atoms with Gasteiger partial charge in [-0.15, -0.1) is 0 Å². The summed E-state index contributed by atoms with van der Waals surface area (Å²) in [5.74, 6) is 1.31. The molecule has 5 atom stereocenters. The maximum atomic E-state index is 12.6. The van der Waals surface area contributed by atoms with E-state index < -0.39 is 6.04 Å². The van der Waals surface area contributed by atoms with Gasteiger partial charge in [-0.05, 0) is 44.4 Å². The molecule has 2 aliphatic rings. The summed E-state index contributed by atoms with van der Waals surface area (Å²) in [6.45, 7) is 9.27. The Kier molecular flexibility index (Phi) is 6.98. The molecule has 0 aromatic carbocycles. The number of ketones is 1. The highest BCUT2D eigenvalue weighted by Gasteiger charge is 2.36. The number of nitrogens with zero attached hydrogens (tertiary/aromatic N) is 2. The molecule has 0 aromatic heterocycles. The van der Waals surface area contributed by atoms with Crippen LogP contribution in [0, 0.1) is 23.0 Å². The molecule has 0 amide bonds. The van der Waals surface area contributed by atoms with Crippen molar-refractivity contribution < 1.29 is 14.7 Å². The van der Waals surface area contributed by atoms with E-state index in [2.05, 4.69) is 18.7 Å². The second-order valence-electron chi connectivity index (χ2n) is 7.48. The van der Waals surface area contributed by atoms with E-state index in [0.717, 1.165) is 19.5 Å². The molecule has 134 valence electrons. The summed E-state index contributed by atoms with van der Waals surface area (Å²) >= 11 is 0. The highest BCUT2D eigenvalue weighted by molar-refractivity contribution is 5.83. The van der Waals surface area contributed by atoms with Gasteiger partial charge in [0.25, 0.3) is 0 Å². The number of piperidine rings is 1. The molecule has 0 spiro atoms. The predicted molar refractivity (Wildman–Crippen MR) is 87.9 cm³/mol. The van der Waals surface area contributed by atoms with E-state index in [1.807, 2.05) is 6.92 Å². The minimum atomic E-state index is -0.628. The van der Waals surface area contributed by atoms with E-state index in [1.54, 1.807) is 0 Å². The second-order valence-corrected chi connectivity index (χ2v) is 7.48. The first-order valence-electron chi connectivity index (χ1n) is 8.92. The van der Waals surface area contributed by atoms with Gasteiger partial charge in [-0.25, -0.2) is 0 Å². The molecule has 1 aliphatic carbocycles. The van der Waals surface area contributed by atoms with Crippen LogP contribution in [0.4, 0.5) is 0 Å². The lowest BCUT2D eigenvalue weighted by Gasteiger charge is -2.42. The lowest BCUT2D eigenvalue weighted by Crippen LogP contribution is -2.48. The van der Waals surface area contributed by atoms with E-state index >= 15 is 0 Å². The Bertz CT molecular complexity index is 381. The number of ether oxygens (including phenoxy) is 1. The van der Waals surface area contributed by atoms with Crippen LogP contribution in [0.2, 0.25) is 0 Å². The van der Waals surface area contributed by atoms with Crippen LogP contribution in [-0.2, 0) is 9.53 Å². The Morgan fingerprint density at radius 2 is 1.91 bits per heavy atom. The highest BCUT2D eigenvalue weighted by atomic mass is 16.8. The fourth-order valence-corrected chi connectivity index (χ4v) is 4.32. The van der Waals surface area contributed by atoms with Crippen LogP contribution in [0.25, 0.3) is 0 Å². The average Bonchev–Trinajstić information content (AvgIpc) is 2.46. The van der Waals surface area contributed by atoms with E-state index in [9.17, 15) is 15.2 Å². The summed E-state index contributed by atoms with van der Waals surface area (Å²) < 4.78 is 5.54. The largest absolute Gasteiger partial charge is 0.762 e. The molecule has 0 radical (unpaired) electrons. The van der Waals surface area contributed by atoms with Crippen molar-refractivity contribution in [1.29, 1.82) is 0 Å². The summed E-state index contributed by atoms with van der Waals surface area (Å²) in [4.78, 5) is 14.9. The molecule has 1 saturated heterocycles. The molecule has 6 heteroatoms. The third-order valence-corrected chi connectivity index (χ3v) is 5.20. The van der Waals surface area contributed by atoms with Crippen molar-refractivity contribution >= 4 is 5.78 Å². The minimum absolute atomic E-state index is 0.00912. The molecule has 5 unspecified atom stereocenters. The van der Waals surface area contributed by atoms with E-state index in [1.165, 1.54) is 6.42 Å². The topological polar surface area (TPSA) is 76.1 Å². The Hall–Kier alpha value is -0.530. The Labute approximate surface area is 139 Å². The van der Waals surface area contributed by atoms with Crippen LogP contribution in [0.15, 0.2) is 0 Å². The SMILES string of the molecule is CCOC1CCC(C(=O)CN2CC(C)CC(C)C2)CC1N([O-])O. The summed E-state index contributed by atoms with van der Waals surface area (Å²) in [6.07, 6.45) is 2.74. The van der Waals surface area contributed by atoms with E-state index in [-0.39, 0.29) is 23.0 Å². The number of rotatable bonds is 6. The van der Waals surface area contributed by atoms with Gasteiger partial charge in [0.15, 0.2) is 0 Å². The molecule has 0 aromatic rings. The second kappa shape index (κ2) is 8.53. The number of likely N-dealkylation sites (tertiary alicyclic amines) is 1. The smallest absolute Gasteiger partial charge is 0.149 e. The van der Waals surface area contributed by atoms with Crippen LogP contribution in [-0.4, -0.2) is 59.5 Å². The number of hydrogen-bond acceptors (Lipinski definition) is 6. The Morgan fingerprint density at radius 1 is 1.26 bits per heavy atom. The monoisotopic (exact) mass is 327 g/mol. The van der Waals surface area contributed by atoms with Crippen molar-refractivity contribution in [1.82, 2.24) is 10.1 Å². The van der Waals surface area contributed by atoms with Crippen LogP contribution >= 0.6 is 0 Å². The fourth-order valence-electron chi connectivity index (χ4n) is 4.32. The third kappa shape index (κ3) is 5.22. The summed E-state index contributed by atoms with van der Waals surface area (Å²) in [5.41, 5.74) is 0. The van der Waals surface area contributed by atoms with Crippen LogP contribution in [0.1, 0.15) is 46.5 Å². The fraction of sp³-hybridized carbons (Fsp3) is 0.941. The van der Waals surface area contributed by atoms with Gasteiger partial charge in [-0.1, -0.05) is 13.8 Å². The van der Waals surface area contributed by atoms with Gasteiger partial charge in [0, 0.05) is 31.7 Å². The van der Waals surface area contributed by atoms with Crippen molar-refractivity contribution in [2.24, 2.45) is 17.8 Å². The number of carbonyl (C=O) groups excluding carboxylic acids is 1. The van der Waals surface area contributed by atoms with Gasteiger partial charge in [0.05, 0.1) is 12.6 Å². The van der Waals surface area contributed by atoms with Gasteiger partial charge < -0.3 is 15.2 Å². The standard InChI is InChI=1S/C17H31N2O4/c1-4-23-17-6-5-14(8-15(17)19(21)22)16(20)11-18-9-12(2)7-13(3)10-18/h12-15,17,21H,4-11H2,1-3H3/q-1. The molecule has 1 heterocycles. The van der Waals surface area contributed by atoms with Gasteiger partial charge in [0.1, 0.15) is 5.78 Å². The maximum absolute atomic E-state index is 12.6. The van der Waals surface area contributed by atoms with E-state index in [0.29, 0.717) is 37.8 Å². The number of hydrogen-bond donors (Lipinski definition) is 1. The van der Waals surface area contributed by atoms with Crippen LogP contribution < -0.4 is 0 Å². The van der Waals surface area contributed by atoms with Crippen molar-refractivity contribution in [2.75, 3.05) is 26.2 Å². The minimum Gasteiger partial charge on any atom is -0.762 e. The van der Waals surface area contributed by atoms with Crippen molar-refractivity contribution in [3.63, 3.8) is 0 Å². The first kappa shape index (κ1) is 18.8. The Balaban J connectivity index is 1.89. The van der Waals surface area contributed by atoms with Crippen molar-refractivity contribution in [3.05, 3.63) is 5.21 Å². The molecule has 2 rings (SSSR count). The zero-order chi connectivity index (χ0) is 17.0. The van der Waals surface area contributed by atoms with Crippen molar-refractivity contribution in [2.45, 2.75) is 58.6 Å². The van der Waals surface area contributed by atoms with Gasteiger partial charge in [-0.2, -0.15) is 0 Å². The third-order valence-electron chi connectivity index (χ3n) is 5.20. The summed E-state index contributed by atoms with van der Waals surface area (Å²) in [6, 6.07) is -0.628. The number of hydroxylamine groups is 2. The molecule has 0 bridgehead atoms. The summed E-state index contributed by atoms with van der Waals surface area (Å²) in [5, 5.41) is 20.7. The number of carbonyl (C=O) groups is 1. The number of Topliss-reactive ketones (excluding diaryl/α,β-unsaturated/α-hetero) is 1. The van der Waals surface area contributed by atoms with Crippen LogP contribution in [0.5, 0.6) is 0 Å². The van der Waals surface area contributed by atoms with Crippen molar-refractivity contribution in [3.8, 4) is 0 Å². The highest BCUT2D eigenvalue weighted by Crippen LogP contribution is 2.30. The molecule has 6 nitrogen and oxygen atoms in total. The molecule has 1 N–H and O–H groups in total. The first-order valence-corrected chi connectivity index (χ1v) is 8.92. The normalized spacial score (nSPS) is 36.3. The predicted octanol–water partition coefficient (Wildman–Crippen LogP) is 2.30. The lowest BCUT2D eigenvalue weighted by molar-refractivity contribution is -0.152.